The molecular weight excluding hydrogens is 408 g/mol. The molecule has 0 saturated carbocycles. The zero-order valence-electron chi connectivity index (χ0n) is 16.4. The summed E-state index contributed by atoms with van der Waals surface area (Å²) in [5.41, 5.74) is 2.02. The minimum atomic E-state index is -3.16. The fourth-order valence-corrected chi connectivity index (χ4v) is 4.10. The predicted molar refractivity (Wildman–Crippen MR) is 115 cm³/mol. The highest BCUT2D eigenvalue weighted by Gasteiger charge is 2.15. The van der Waals surface area contributed by atoms with E-state index in [9.17, 15) is 8.42 Å². The van der Waals surface area contributed by atoms with E-state index in [1.807, 2.05) is 66.1 Å². The van der Waals surface area contributed by atoms with Gasteiger partial charge in [0.05, 0.1) is 6.26 Å². The maximum Gasteiger partial charge on any atom is 0.208 e. The Kier molecular flexibility index (Phi) is 7.29. The maximum atomic E-state index is 11.2. The van der Waals surface area contributed by atoms with Crippen molar-refractivity contribution in [2.24, 2.45) is 0 Å². The second-order valence-corrected chi connectivity index (χ2v) is 9.39. The van der Waals surface area contributed by atoms with E-state index >= 15 is 0 Å². The smallest absolute Gasteiger partial charge is 0.208 e. The summed E-state index contributed by atoms with van der Waals surface area (Å²) in [6, 6.07) is 17.7. The van der Waals surface area contributed by atoms with E-state index in [1.54, 1.807) is 0 Å². The number of aromatic nitrogens is 3. The lowest BCUT2D eigenvalue weighted by Gasteiger charge is -2.12. The van der Waals surface area contributed by atoms with E-state index in [2.05, 4.69) is 14.9 Å². The number of nitrogens with zero attached hydrogens (tertiary/aromatic N) is 3. The third kappa shape index (κ3) is 6.31. The number of para-hydroxylation sites is 2. The van der Waals surface area contributed by atoms with E-state index in [1.165, 1.54) is 11.8 Å². The van der Waals surface area contributed by atoms with Gasteiger partial charge < -0.3 is 4.74 Å². The fraction of sp³-hybridized carbons (Fsp3) is 0.300. The number of hydrogen-bond donors (Lipinski definition) is 1. The SMILES string of the molecule is Cc1ccccc1OCc1nnc(SCCCNS(C)(=O)=O)n1-c1ccccc1. The highest BCUT2D eigenvalue weighted by Crippen LogP contribution is 2.24. The van der Waals surface area contributed by atoms with Gasteiger partial charge in [0.25, 0.3) is 0 Å². The Morgan fingerprint density at radius 1 is 1.07 bits per heavy atom. The van der Waals surface area contributed by atoms with Crippen molar-refractivity contribution in [3.05, 3.63) is 66.0 Å². The molecule has 0 atom stereocenters. The number of aryl methyl sites for hydroxylation is 1. The molecule has 154 valence electrons. The van der Waals surface area contributed by atoms with Crippen LogP contribution >= 0.6 is 11.8 Å². The molecule has 0 aliphatic carbocycles. The zero-order chi connectivity index (χ0) is 20.7. The standard InChI is InChI=1S/C20H24N4O3S2/c1-16-9-6-7-12-18(16)27-15-19-22-23-20(24(19)17-10-4-3-5-11-17)28-14-8-13-21-29(2,25)26/h3-7,9-12,21H,8,13-15H2,1-2H3. The van der Waals surface area contributed by atoms with Crippen LogP contribution < -0.4 is 9.46 Å². The Bertz CT molecular complexity index is 1040. The Balaban J connectivity index is 1.72. The summed E-state index contributed by atoms with van der Waals surface area (Å²) in [4.78, 5) is 0. The van der Waals surface area contributed by atoms with Gasteiger partial charge in [0.2, 0.25) is 10.0 Å². The minimum absolute atomic E-state index is 0.295. The Hall–Kier alpha value is -2.36. The van der Waals surface area contributed by atoms with Crippen LogP contribution in [-0.4, -0.2) is 41.7 Å². The molecule has 0 radical (unpaired) electrons. The molecule has 0 fully saturated rings. The highest BCUT2D eigenvalue weighted by molar-refractivity contribution is 7.99. The Labute approximate surface area is 175 Å². The van der Waals surface area contributed by atoms with Crippen molar-refractivity contribution < 1.29 is 13.2 Å². The monoisotopic (exact) mass is 432 g/mol. The fourth-order valence-electron chi connectivity index (χ4n) is 2.68. The predicted octanol–water partition coefficient (Wildman–Crippen LogP) is 3.19. The third-order valence-electron chi connectivity index (χ3n) is 4.08. The van der Waals surface area contributed by atoms with Crippen LogP contribution in [0.25, 0.3) is 5.69 Å². The molecular formula is C20H24N4O3S2. The number of hydrogen-bond acceptors (Lipinski definition) is 6. The Morgan fingerprint density at radius 3 is 2.52 bits per heavy atom. The lowest BCUT2D eigenvalue weighted by atomic mass is 10.2. The van der Waals surface area contributed by atoms with Crippen LogP contribution in [0.2, 0.25) is 0 Å². The highest BCUT2D eigenvalue weighted by atomic mass is 32.2. The largest absolute Gasteiger partial charge is 0.485 e. The number of rotatable bonds is 10. The summed E-state index contributed by atoms with van der Waals surface area (Å²) >= 11 is 1.54. The van der Waals surface area contributed by atoms with Crippen LogP contribution in [0.1, 0.15) is 17.8 Å². The molecule has 2 aromatic carbocycles. The minimum Gasteiger partial charge on any atom is -0.485 e. The van der Waals surface area contributed by atoms with Gasteiger partial charge in [-0.25, -0.2) is 13.1 Å². The summed E-state index contributed by atoms with van der Waals surface area (Å²) in [5.74, 6) is 2.24. The number of sulfonamides is 1. The average Bonchev–Trinajstić information content (AvgIpc) is 3.09. The average molecular weight is 433 g/mol. The van der Waals surface area contributed by atoms with E-state index < -0.39 is 10.0 Å². The van der Waals surface area contributed by atoms with Gasteiger partial charge in [0.1, 0.15) is 12.4 Å². The van der Waals surface area contributed by atoms with Crippen LogP contribution in [-0.2, 0) is 16.6 Å². The van der Waals surface area contributed by atoms with Crippen LogP contribution in [0.5, 0.6) is 5.75 Å². The summed E-state index contributed by atoms with van der Waals surface area (Å²) in [5, 5.41) is 9.41. The molecule has 0 aliphatic rings. The van der Waals surface area contributed by atoms with Gasteiger partial charge in [0.15, 0.2) is 11.0 Å². The molecule has 3 aromatic rings. The molecule has 0 aliphatic heterocycles. The number of benzene rings is 2. The summed E-state index contributed by atoms with van der Waals surface area (Å²) < 4.78 is 32.8. The van der Waals surface area contributed by atoms with Crippen LogP contribution in [0.15, 0.2) is 59.8 Å². The van der Waals surface area contributed by atoms with Crippen LogP contribution in [0.4, 0.5) is 0 Å². The molecule has 7 nitrogen and oxygen atoms in total. The van der Waals surface area contributed by atoms with Crippen LogP contribution in [0.3, 0.4) is 0 Å². The van der Waals surface area contributed by atoms with E-state index in [4.69, 9.17) is 4.74 Å². The molecule has 0 amide bonds. The van der Waals surface area contributed by atoms with Crippen molar-refractivity contribution in [3.8, 4) is 11.4 Å². The number of ether oxygens (including phenoxy) is 1. The van der Waals surface area contributed by atoms with Crippen molar-refractivity contribution in [3.63, 3.8) is 0 Å². The van der Waals surface area contributed by atoms with Gasteiger partial charge in [-0.05, 0) is 37.1 Å². The molecule has 1 N–H and O–H groups in total. The first-order valence-electron chi connectivity index (χ1n) is 9.19. The topological polar surface area (TPSA) is 86.1 Å². The molecule has 0 saturated heterocycles. The molecule has 0 spiro atoms. The number of nitrogens with one attached hydrogen (secondary N) is 1. The molecule has 29 heavy (non-hydrogen) atoms. The third-order valence-corrected chi connectivity index (χ3v) is 5.83. The van der Waals surface area contributed by atoms with Gasteiger partial charge in [-0.2, -0.15) is 0 Å². The quantitative estimate of drug-likeness (QED) is 0.391. The van der Waals surface area contributed by atoms with Gasteiger partial charge in [0, 0.05) is 18.0 Å². The van der Waals surface area contributed by atoms with Crippen molar-refractivity contribution in [1.29, 1.82) is 0 Å². The second kappa shape index (κ2) is 9.91. The van der Waals surface area contributed by atoms with Gasteiger partial charge in [-0.1, -0.05) is 48.2 Å². The van der Waals surface area contributed by atoms with E-state index in [0.29, 0.717) is 31.1 Å². The van der Waals surface area contributed by atoms with E-state index in [-0.39, 0.29) is 0 Å². The zero-order valence-corrected chi connectivity index (χ0v) is 18.0. The lowest BCUT2D eigenvalue weighted by Crippen LogP contribution is -2.23. The molecule has 1 heterocycles. The lowest BCUT2D eigenvalue weighted by molar-refractivity contribution is 0.291. The van der Waals surface area contributed by atoms with Crippen molar-refractivity contribution in [2.45, 2.75) is 25.1 Å². The van der Waals surface area contributed by atoms with E-state index in [0.717, 1.165) is 28.4 Å². The second-order valence-electron chi connectivity index (χ2n) is 6.49. The maximum absolute atomic E-state index is 11.2. The first-order valence-corrected chi connectivity index (χ1v) is 12.1. The molecule has 3 rings (SSSR count). The van der Waals surface area contributed by atoms with Gasteiger partial charge >= 0.3 is 0 Å². The first kappa shape index (κ1) is 21.4. The molecule has 0 unspecified atom stereocenters. The first-order chi connectivity index (χ1) is 13.9. The molecule has 1 aromatic heterocycles. The molecule has 0 bridgehead atoms. The summed E-state index contributed by atoms with van der Waals surface area (Å²) in [7, 11) is -3.16. The summed E-state index contributed by atoms with van der Waals surface area (Å²) in [6.45, 7) is 2.70. The van der Waals surface area contributed by atoms with Crippen molar-refractivity contribution >= 4 is 21.8 Å². The van der Waals surface area contributed by atoms with Crippen molar-refractivity contribution in [2.75, 3.05) is 18.6 Å². The molecule has 9 heteroatoms. The Morgan fingerprint density at radius 2 is 1.79 bits per heavy atom. The number of thioether (sulfide) groups is 1. The van der Waals surface area contributed by atoms with Crippen molar-refractivity contribution in [1.82, 2.24) is 19.5 Å². The van der Waals surface area contributed by atoms with Gasteiger partial charge in [-0.3, -0.25) is 4.57 Å². The summed E-state index contributed by atoms with van der Waals surface area (Å²) in [6.07, 6.45) is 1.85. The van der Waals surface area contributed by atoms with Crippen LogP contribution in [0, 0.1) is 6.92 Å². The normalized spacial score (nSPS) is 11.5. The van der Waals surface area contributed by atoms with Gasteiger partial charge in [-0.15, -0.1) is 10.2 Å².